The van der Waals surface area contributed by atoms with Crippen LogP contribution in [0.15, 0.2) is 72.8 Å². The molecule has 0 spiro atoms. The summed E-state index contributed by atoms with van der Waals surface area (Å²) in [4.78, 5) is 48.0. The highest BCUT2D eigenvalue weighted by Gasteiger charge is 2.19. The number of rotatable bonds is 2. The second kappa shape index (κ2) is 10.1. The van der Waals surface area contributed by atoms with Crippen LogP contribution in [-0.4, -0.2) is 30.9 Å². The average molecular weight is 449 g/mol. The maximum atomic E-state index is 12.7. The lowest BCUT2D eigenvalue weighted by atomic mass is 10.2. The Hall–Kier alpha value is -4.73. The molecule has 0 unspecified atom stereocenters. The maximum Gasteiger partial charge on any atom is 0.290 e. The Morgan fingerprint density at radius 3 is 1.70 bits per heavy atom. The summed E-state index contributed by atoms with van der Waals surface area (Å²) < 4.78 is 10.9. The van der Waals surface area contributed by atoms with Crippen LogP contribution in [0, 0.1) is 0 Å². The number of para-hydroxylation sites is 3. The van der Waals surface area contributed by atoms with Crippen LogP contribution >= 0.6 is 0 Å². The number of fused-ring (bicyclic) bond motifs is 3. The van der Waals surface area contributed by atoms with Gasteiger partial charge >= 0.3 is 0 Å². The first-order valence-electron chi connectivity index (χ1n) is 9.85. The van der Waals surface area contributed by atoms with Crippen molar-refractivity contribution in [1.82, 2.24) is 11.0 Å². The molecule has 4 rings (SSSR count). The molecular weight excluding hydrogens is 430 g/mol. The normalized spacial score (nSPS) is 13.7. The molecule has 0 atom stereocenters. The van der Waals surface area contributed by atoms with Gasteiger partial charge in [0.1, 0.15) is 5.69 Å². The van der Waals surface area contributed by atoms with E-state index < -0.39 is 17.7 Å². The second-order valence-electron chi connectivity index (χ2n) is 6.73. The van der Waals surface area contributed by atoms with Crippen molar-refractivity contribution in [2.75, 3.05) is 18.5 Å². The topological polar surface area (TPSA) is 124 Å². The van der Waals surface area contributed by atoms with Crippen molar-refractivity contribution >= 4 is 23.4 Å². The number of carbonyl (C=O) groups is 3. The van der Waals surface area contributed by atoms with Gasteiger partial charge in [-0.3, -0.25) is 14.4 Å². The van der Waals surface area contributed by atoms with Crippen molar-refractivity contribution in [2.24, 2.45) is 0 Å². The first-order chi connectivity index (χ1) is 16.1. The van der Waals surface area contributed by atoms with Gasteiger partial charge in [0, 0.05) is 5.56 Å². The standard InChI is InChI=1S/C23H19N3O7/c27-20-13-30-16-9-4-5-10-17(16)31-14-21(28)26-33-19-12-6-11-18(32-25-20)22(19)24-23(29)15-7-2-1-3-8-15/h1-12H,13-14H2,(H,24,29)(H,25,27)(H,26,28). The van der Waals surface area contributed by atoms with Crippen LogP contribution in [0.3, 0.4) is 0 Å². The molecule has 10 nitrogen and oxygen atoms in total. The number of anilines is 1. The summed E-state index contributed by atoms with van der Waals surface area (Å²) in [6.45, 7) is -0.761. The third-order valence-electron chi connectivity index (χ3n) is 4.38. The molecule has 3 aromatic rings. The Morgan fingerprint density at radius 2 is 1.15 bits per heavy atom. The quantitative estimate of drug-likeness (QED) is 0.548. The van der Waals surface area contributed by atoms with E-state index in [1.54, 1.807) is 60.7 Å². The number of hydrogen-bond acceptors (Lipinski definition) is 7. The van der Waals surface area contributed by atoms with Crippen LogP contribution < -0.4 is 35.4 Å². The van der Waals surface area contributed by atoms with Gasteiger partial charge in [-0.2, -0.15) is 11.0 Å². The molecule has 0 aromatic heterocycles. The molecule has 3 amide bonds. The molecule has 1 aliphatic heterocycles. The number of carbonyl (C=O) groups excluding carboxylic acids is 3. The molecule has 10 heteroatoms. The maximum absolute atomic E-state index is 12.7. The molecule has 1 heterocycles. The lowest BCUT2D eigenvalue weighted by molar-refractivity contribution is -0.130. The highest BCUT2D eigenvalue weighted by molar-refractivity contribution is 6.06. The van der Waals surface area contributed by atoms with E-state index in [4.69, 9.17) is 19.1 Å². The molecule has 0 saturated heterocycles. The summed E-state index contributed by atoms with van der Waals surface area (Å²) >= 11 is 0. The zero-order chi connectivity index (χ0) is 23.0. The fourth-order valence-corrected chi connectivity index (χ4v) is 2.84. The van der Waals surface area contributed by atoms with E-state index in [9.17, 15) is 14.4 Å². The van der Waals surface area contributed by atoms with Crippen LogP contribution in [0.2, 0.25) is 0 Å². The van der Waals surface area contributed by atoms with E-state index in [-0.39, 0.29) is 41.9 Å². The first-order valence-corrected chi connectivity index (χ1v) is 9.85. The third kappa shape index (κ3) is 5.50. The molecule has 1 aliphatic rings. The zero-order valence-corrected chi connectivity index (χ0v) is 17.2. The number of benzene rings is 3. The summed E-state index contributed by atoms with van der Waals surface area (Å²) in [7, 11) is 0. The third-order valence-corrected chi connectivity index (χ3v) is 4.38. The molecule has 0 saturated carbocycles. The monoisotopic (exact) mass is 449 g/mol. The highest BCUT2D eigenvalue weighted by Crippen LogP contribution is 2.34. The van der Waals surface area contributed by atoms with E-state index in [1.807, 2.05) is 0 Å². The van der Waals surface area contributed by atoms with Crippen molar-refractivity contribution in [2.45, 2.75) is 0 Å². The van der Waals surface area contributed by atoms with Crippen molar-refractivity contribution in [1.29, 1.82) is 0 Å². The number of hydrogen-bond donors (Lipinski definition) is 3. The van der Waals surface area contributed by atoms with Gasteiger partial charge < -0.3 is 24.5 Å². The van der Waals surface area contributed by atoms with E-state index in [0.717, 1.165) is 0 Å². The fraction of sp³-hybridized carbons (Fsp3) is 0.0870. The zero-order valence-electron chi connectivity index (χ0n) is 17.2. The number of ether oxygens (including phenoxy) is 2. The Bertz CT molecular complexity index is 1110. The molecule has 3 aromatic carbocycles. The van der Waals surface area contributed by atoms with Gasteiger partial charge in [-0.05, 0) is 36.4 Å². The molecule has 168 valence electrons. The van der Waals surface area contributed by atoms with Crippen molar-refractivity contribution in [3.8, 4) is 23.0 Å². The van der Waals surface area contributed by atoms with Gasteiger partial charge in [-0.25, -0.2) is 0 Å². The Labute approximate surface area is 188 Å². The lowest BCUT2D eigenvalue weighted by Gasteiger charge is -2.16. The molecule has 0 fully saturated rings. The Morgan fingerprint density at radius 1 is 0.667 bits per heavy atom. The molecule has 2 bridgehead atoms. The minimum atomic E-state index is -0.597. The van der Waals surface area contributed by atoms with Gasteiger partial charge in [-0.15, -0.1) is 0 Å². The molecule has 3 N–H and O–H groups in total. The fourth-order valence-electron chi connectivity index (χ4n) is 2.84. The predicted octanol–water partition coefficient (Wildman–Crippen LogP) is 2.23. The Balaban J connectivity index is 1.60. The van der Waals surface area contributed by atoms with E-state index in [0.29, 0.717) is 5.56 Å². The van der Waals surface area contributed by atoms with Gasteiger partial charge in [0.15, 0.2) is 36.2 Å². The highest BCUT2D eigenvalue weighted by atomic mass is 16.7. The van der Waals surface area contributed by atoms with Gasteiger partial charge in [0.05, 0.1) is 0 Å². The summed E-state index contributed by atoms with van der Waals surface area (Å²) in [5.74, 6) is -0.952. The summed E-state index contributed by atoms with van der Waals surface area (Å²) in [6, 6.07) is 19.6. The number of nitrogens with one attached hydrogen (secondary N) is 3. The largest absolute Gasteiger partial charge is 0.480 e. The molecular formula is C23H19N3O7. The van der Waals surface area contributed by atoms with Crippen LogP contribution in [-0.2, 0) is 9.59 Å². The van der Waals surface area contributed by atoms with Gasteiger partial charge in [-0.1, -0.05) is 36.4 Å². The second-order valence-corrected chi connectivity index (χ2v) is 6.73. The van der Waals surface area contributed by atoms with Crippen molar-refractivity contribution in [3.63, 3.8) is 0 Å². The van der Waals surface area contributed by atoms with Gasteiger partial charge in [0.2, 0.25) is 0 Å². The van der Waals surface area contributed by atoms with Crippen molar-refractivity contribution in [3.05, 3.63) is 78.4 Å². The van der Waals surface area contributed by atoms with E-state index >= 15 is 0 Å². The van der Waals surface area contributed by atoms with Crippen LogP contribution in [0.1, 0.15) is 10.4 Å². The van der Waals surface area contributed by atoms with E-state index in [1.165, 1.54) is 12.1 Å². The van der Waals surface area contributed by atoms with Crippen molar-refractivity contribution < 1.29 is 33.5 Å². The summed E-state index contributed by atoms with van der Waals surface area (Å²) in [6.07, 6.45) is 0. The number of hydroxylamine groups is 2. The predicted molar refractivity (Wildman–Crippen MR) is 116 cm³/mol. The SMILES string of the molecule is O=C1COc2ccccc2OCC(=O)NOc2cccc(c2NC(=O)c2ccccc2)ON1. The minimum absolute atomic E-state index is 0.0749. The first kappa shape index (κ1) is 21.5. The summed E-state index contributed by atoms with van der Waals surface area (Å²) in [5, 5.41) is 2.68. The average Bonchev–Trinajstić information content (AvgIpc) is 2.85. The molecule has 33 heavy (non-hydrogen) atoms. The van der Waals surface area contributed by atoms with Gasteiger partial charge in [0.25, 0.3) is 17.7 Å². The smallest absolute Gasteiger partial charge is 0.290 e. The van der Waals surface area contributed by atoms with Crippen LogP contribution in [0.5, 0.6) is 23.0 Å². The van der Waals surface area contributed by atoms with E-state index in [2.05, 4.69) is 16.3 Å². The minimum Gasteiger partial charge on any atom is -0.480 e. The van der Waals surface area contributed by atoms with Crippen LogP contribution in [0.25, 0.3) is 0 Å². The molecule has 0 aliphatic carbocycles. The molecule has 0 radical (unpaired) electrons. The number of amides is 3. The lowest BCUT2D eigenvalue weighted by Crippen LogP contribution is -2.32. The Kier molecular flexibility index (Phi) is 6.55. The van der Waals surface area contributed by atoms with Crippen LogP contribution in [0.4, 0.5) is 5.69 Å². The summed E-state index contributed by atoms with van der Waals surface area (Å²) in [5.41, 5.74) is 4.99.